The molecule has 1 aromatic carbocycles. The zero-order chi connectivity index (χ0) is 15.5. The first kappa shape index (κ1) is 17.0. The molecule has 0 saturated carbocycles. The highest BCUT2D eigenvalue weighted by atomic mass is 79.9. The summed E-state index contributed by atoms with van der Waals surface area (Å²) in [4.78, 5) is 20.0. The number of carboxylic acid groups (broad SMARTS) is 1. The molecule has 4 nitrogen and oxygen atoms in total. The molecular formula is C11H8Br2F3NO3. The van der Waals surface area contributed by atoms with Gasteiger partial charge in [0.1, 0.15) is 9.65 Å². The number of rotatable bonds is 4. The fourth-order valence-electron chi connectivity index (χ4n) is 1.24. The van der Waals surface area contributed by atoms with Crippen LogP contribution in [0, 0.1) is 0 Å². The third-order valence-electron chi connectivity index (χ3n) is 2.20. The molecule has 1 amide bonds. The van der Waals surface area contributed by atoms with E-state index in [0.29, 0.717) is 0 Å². The van der Waals surface area contributed by atoms with Crippen LogP contribution in [0.15, 0.2) is 24.3 Å². The van der Waals surface area contributed by atoms with Gasteiger partial charge < -0.3 is 10.4 Å². The first-order valence-corrected chi connectivity index (χ1v) is 6.95. The molecule has 0 aliphatic rings. The molecule has 0 saturated heterocycles. The molecule has 9 heteroatoms. The van der Waals surface area contributed by atoms with Gasteiger partial charge in [0.25, 0.3) is 0 Å². The molecular weight excluding hydrogens is 411 g/mol. The first-order valence-electron chi connectivity index (χ1n) is 5.12. The van der Waals surface area contributed by atoms with E-state index in [2.05, 4.69) is 37.2 Å². The second kappa shape index (κ2) is 6.57. The maximum atomic E-state index is 12.5. The Morgan fingerprint density at radius 1 is 1.20 bits per heavy atom. The van der Waals surface area contributed by atoms with Crippen LogP contribution in [0.5, 0.6) is 0 Å². The van der Waals surface area contributed by atoms with Crippen LogP contribution >= 0.6 is 31.9 Å². The fourth-order valence-corrected chi connectivity index (χ4v) is 1.82. The van der Waals surface area contributed by atoms with E-state index in [-0.39, 0.29) is 5.69 Å². The summed E-state index contributed by atoms with van der Waals surface area (Å²) in [6.07, 6.45) is -4.52. The van der Waals surface area contributed by atoms with E-state index >= 15 is 0 Å². The summed E-state index contributed by atoms with van der Waals surface area (Å²) < 4.78 is 37.5. The van der Waals surface area contributed by atoms with Crippen LogP contribution in [0.2, 0.25) is 0 Å². The number of halogens is 5. The average Bonchev–Trinajstić information content (AvgIpc) is 2.36. The van der Waals surface area contributed by atoms with Crippen molar-refractivity contribution in [2.75, 3.05) is 5.32 Å². The zero-order valence-corrected chi connectivity index (χ0v) is 12.8. The van der Waals surface area contributed by atoms with Crippen molar-refractivity contribution >= 4 is 49.4 Å². The molecule has 1 aromatic rings. The number of hydrogen-bond donors (Lipinski definition) is 2. The Bertz CT molecular complexity index is 522. The van der Waals surface area contributed by atoms with E-state index in [1.54, 1.807) is 0 Å². The quantitative estimate of drug-likeness (QED) is 0.737. The van der Waals surface area contributed by atoms with Crippen LogP contribution in [-0.4, -0.2) is 26.6 Å². The number of anilines is 1. The van der Waals surface area contributed by atoms with Gasteiger partial charge in [-0.05, 0) is 18.2 Å². The lowest BCUT2D eigenvalue weighted by Crippen LogP contribution is -2.34. The van der Waals surface area contributed by atoms with Gasteiger partial charge in [-0.25, -0.2) is 0 Å². The van der Waals surface area contributed by atoms with E-state index in [4.69, 9.17) is 5.11 Å². The van der Waals surface area contributed by atoms with Gasteiger partial charge in [-0.2, -0.15) is 13.2 Å². The van der Waals surface area contributed by atoms with Crippen molar-refractivity contribution in [2.45, 2.75) is 15.8 Å². The highest BCUT2D eigenvalue weighted by Gasteiger charge is 2.32. The summed E-state index contributed by atoms with van der Waals surface area (Å²) in [6, 6.07) is 4.05. The van der Waals surface area contributed by atoms with E-state index < -0.39 is 33.3 Å². The minimum Gasteiger partial charge on any atom is -0.480 e. The van der Waals surface area contributed by atoms with Crippen LogP contribution < -0.4 is 5.32 Å². The average molecular weight is 419 g/mol. The topological polar surface area (TPSA) is 66.4 Å². The second-order valence-electron chi connectivity index (χ2n) is 3.71. The second-order valence-corrected chi connectivity index (χ2v) is 5.68. The van der Waals surface area contributed by atoms with Gasteiger partial charge in [0.2, 0.25) is 5.91 Å². The number of hydrogen-bond acceptors (Lipinski definition) is 2. The van der Waals surface area contributed by atoms with Crippen molar-refractivity contribution in [3.05, 3.63) is 29.8 Å². The van der Waals surface area contributed by atoms with Gasteiger partial charge in [-0.1, -0.05) is 37.9 Å². The zero-order valence-electron chi connectivity index (χ0n) is 9.62. The molecule has 0 aliphatic carbocycles. The highest BCUT2D eigenvalue weighted by Crippen LogP contribution is 2.30. The number of benzene rings is 1. The van der Waals surface area contributed by atoms with Crippen molar-refractivity contribution in [3.8, 4) is 0 Å². The van der Waals surface area contributed by atoms with Crippen LogP contribution in [0.3, 0.4) is 0 Å². The van der Waals surface area contributed by atoms with Gasteiger partial charge in [0.15, 0.2) is 0 Å². The third kappa shape index (κ3) is 4.48. The van der Waals surface area contributed by atoms with Gasteiger partial charge in [0, 0.05) is 5.69 Å². The van der Waals surface area contributed by atoms with Crippen molar-refractivity contribution < 1.29 is 27.9 Å². The van der Waals surface area contributed by atoms with Crippen LogP contribution in [0.1, 0.15) is 5.56 Å². The molecule has 0 aromatic heterocycles. The molecule has 2 N–H and O–H groups in total. The summed E-state index contributed by atoms with van der Waals surface area (Å²) >= 11 is 5.64. The Hall–Kier alpha value is -1.09. The minimum absolute atomic E-state index is 0.0700. The smallest absolute Gasteiger partial charge is 0.416 e. The van der Waals surface area contributed by atoms with E-state index in [1.165, 1.54) is 6.07 Å². The monoisotopic (exact) mass is 417 g/mol. The van der Waals surface area contributed by atoms with Gasteiger partial charge in [-0.3, -0.25) is 9.59 Å². The number of carbonyl (C=O) groups is 2. The predicted octanol–water partition coefficient (Wildman–Crippen LogP) is 3.26. The number of aliphatic carboxylic acids is 1. The normalized spacial score (nSPS) is 14.4. The SMILES string of the molecule is O=C(O)C(Br)C(Br)C(=O)Nc1cccc(C(F)(F)F)c1. The molecule has 0 heterocycles. The molecule has 0 spiro atoms. The number of carbonyl (C=O) groups excluding carboxylic acids is 1. The van der Waals surface area contributed by atoms with Gasteiger partial charge in [-0.15, -0.1) is 0 Å². The van der Waals surface area contributed by atoms with Crippen molar-refractivity contribution in [2.24, 2.45) is 0 Å². The maximum absolute atomic E-state index is 12.5. The summed E-state index contributed by atoms with van der Waals surface area (Å²) in [7, 11) is 0. The lowest BCUT2D eigenvalue weighted by molar-refractivity contribution is -0.138. The summed E-state index contributed by atoms with van der Waals surface area (Å²) in [5.74, 6) is -2.04. The maximum Gasteiger partial charge on any atom is 0.416 e. The molecule has 0 aliphatic heterocycles. The molecule has 2 unspecified atom stereocenters. The molecule has 20 heavy (non-hydrogen) atoms. The lowest BCUT2D eigenvalue weighted by atomic mass is 10.2. The molecule has 1 rings (SSSR count). The molecule has 0 radical (unpaired) electrons. The fraction of sp³-hybridized carbons (Fsp3) is 0.273. The number of nitrogens with one attached hydrogen (secondary N) is 1. The highest BCUT2D eigenvalue weighted by molar-refractivity contribution is 9.12. The molecule has 0 fully saturated rings. The Morgan fingerprint density at radius 3 is 2.30 bits per heavy atom. The van der Waals surface area contributed by atoms with Crippen LogP contribution in [0.25, 0.3) is 0 Å². The van der Waals surface area contributed by atoms with E-state index in [1.807, 2.05) is 0 Å². The minimum atomic E-state index is -4.52. The first-order chi connectivity index (χ1) is 9.12. The predicted molar refractivity (Wildman–Crippen MR) is 73.1 cm³/mol. The Morgan fingerprint density at radius 2 is 1.80 bits per heavy atom. The number of alkyl halides is 5. The number of amides is 1. The van der Waals surface area contributed by atoms with E-state index in [0.717, 1.165) is 18.2 Å². The lowest BCUT2D eigenvalue weighted by Gasteiger charge is -2.14. The largest absolute Gasteiger partial charge is 0.480 e. The third-order valence-corrected chi connectivity index (χ3v) is 4.78. The Kier molecular flexibility index (Phi) is 5.58. The van der Waals surface area contributed by atoms with Gasteiger partial charge in [0.05, 0.1) is 5.56 Å². The standard InChI is InChI=1S/C11H8Br2F3NO3/c12-7(8(13)10(19)20)9(18)17-6-3-1-2-5(4-6)11(14,15)16/h1-4,7-8H,(H,17,18)(H,19,20). The van der Waals surface area contributed by atoms with Crippen molar-refractivity contribution in [1.29, 1.82) is 0 Å². The van der Waals surface area contributed by atoms with Crippen molar-refractivity contribution in [3.63, 3.8) is 0 Å². The Balaban J connectivity index is 2.84. The Labute approximate surface area is 128 Å². The number of carboxylic acids is 1. The van der Waals surface area contributed by atoms with Gasteiger partial charge >= 0.3 is 12.1 Å². The van der Waals surface area contributed by atoms with Crippen molar-refractivity contribution in [1.82, 2.24) is 0 Å². The van der Waals surface area contributed by atoms with Crippen LogP contribution in [-0.2, 0) is 15.8 Å². The summed E-state index contributed by atoms with van der Waals surface area (Å²) in [6.45, 7) is 0. The summed E-state index contributed by atoms with van der Waals surface area (Å²) in [5, 5.41) is 10.9. The molecule has 110 valence electrons. The van der Waals surface area contributed by atoms with E-state index in [9.17, 15) is 22.8 Å². The van der Waals surface area contributed by atoms with Crippen LogP contribution in [0.4, 0.5) is 18.9 Å². The summed E-state index contributed by atoms with van der Waals surface area (Å²) in [5.41, 5.74) is -0.977. The molecule has 0 bridgehead atoms. The molecule has 2 atom stereocenters.